The Morgan fingerprint density at radius 3 is 2.60 bits per heavy atom. The van der Waals surface area contributed by atoms with Gasteiger partial charge in [0, 0.05) is 14.0 Å². The first-order valence-electron chi connectivity index (χ1n) is 4.38. The summed E-state index contributed by atoms with van der Waals surface area (Å²) < 4.78 is 9.92. The minimum absolute atomic E-state index is 0.0752. The minimum atomic E-state index is -1.08. The summed E-state index contributed by atoms with van der Waals surface area (Å²) in [7, 11) is 1.37. The van der Waals surface area contributed by atoms with E-state index in [1.807, 2.05) is 0 Å². The van der Waals surface area contributed by atoms with Crippen LogP contribution in [-0.4, -0.2) is 36.4 Å². The van der Waals surface area contributed by atoms with Gasteiger partial charge in [-0.15, -0.1) is 0 Å². The molecule has 82 valence electrons. The lowest BCUT2D eigenvalue weighted by Gasteiger charge is -2.25. The molecule has 0 bridgehead atoms. The number of carbonyl (C=O) groups excluding carboxylic acids is 1. The van der Waals surface area contributed by atoms with Crippen LogP contribution in [0.25, 0.3) is 0 Å². The van der Waals surface area contributed by atoms with E-state index in [4.69, 9.17) is 14.6 Å². The van der Waals surface area contributed by atoms with Crippen molar-refractivity contribution >= 4 is 11.9 Å². The Labute approximate surface area is 87.0 Å². The molecule has 0 radical (unpaired) electrons. The third-order valence-corrected chi connectivity index (χ3v) is 1.98. The van der Waals surface area contributed by atoms with Gasteiger partial charge in [-0.3, -0.25) is 4.79 Å². The minimum Gasteiger partial charge on any atom is -0.478 e. The van der Waals surface area contributed by atoms with Gasteiger partial charge >= 0.3 is 11.9 Å². The highest BCUT2D eigenvalue weighted by Crippen LogP contribution is 2.19. The van der Waals surface area contributed by atoms with E-state index in [1.165, 1.54) is 26.2 Å². The van der Waals surface area contributed by atoms with Crippen LogP contribution < -0.4 is 0 Å². The van der Waals surface area contributed by atoms with Crippen molar-refractivity contribution in [1.82, 2.24) is 0 Å². The number of carbonyl (C=O) groups is 2. The maximum Gasteiger partial charge on any atom is 0.334 e. The Morgan fingerprint density at radius 2 is 2.13 bits per heavy atom. The summed E-state index contributed by atoms with van der Waals surface area (Å²) in [5.41, 5.74) is 0.0752. The highest BCUT2D eigenvalue weighted by atomic mass is 16.6. The third-order valence-electron chi connectivity index (χ3n) is 1.98. The fourth-order valence-corrected chi connectivity index (χ4v) is 1.39. The van der Waals surface area contributed by atoms with Crippen molar-refractivity contribution in [3.05, 3.63) is 23.8 Å². The van der Waals surface area contributed by atoms with Crippen molar-refractivity contribution in [2.45, 2.75) is 19.1 Å². The van der Waals surface area contributed by atoms with Gasteiger partial charge in [0.1, 0.15) is 6.10 Å². The van der Waals surface area contributed by atoms with Gasteiger partial charge < -0.3 is 14.6 Å². The smallest absolute Gasteiger partial charge is 0.334 e. The number of rotatable bonds is 3. The van der Waals surface area contributed by atoms with Gasteiger partial charge in [0.2, 0.25) is 0 Å². The fraction of sp³-hybridized carbons (Fsp3) is 0.400. The summed E-state index contributed by atoms with van der Waals surface area (Å²) in [6.45, 7) is 1.26. The van der Waals surface area contributed by atoms with Gasteiger partial charge in [-0.05, 0) is 12.2 Å². The maximum absolute atomic E-state index is 10.8. The predicted molar refractivity (Wildman–Crippen MR) is 51.2 cm³/mol. The Hall–Kier alpha value is -1.62. The molecule has 0 aliphatic heterocycles. The lowest BCUT2D eigenvalue weighted by Crippen LogP contribution is -2.36. The van der Waals surface area contributed by atoms with Crippen molar-refractivity contribution in [3.63, 3.8) is 0 Å². The van der Waals surface area contributed by atoms with E-state index in [0.29, 0.717) is 0 Å². The lowest BCUT2D eigenvalue weighted by molar-refractivity contribution is -0.150. The van der Waals surface area contributed by atoms with Crippen molar-refractivity contribution in [2.75, 3.05) is 7.11 Å². The molecule has 1 aliphatic rings. The molecule has 0 saturated carbocycles. The van der Waals surface area contributed by atoms with Crippen LogP contribution in [0.15, 0.2) is 23.8 Å². The van der Waals surface area contributed by atoms with Crippen LogP contribution in [-0.2, 0) is 19.1 Å². The van der Waals surface area contributed by atoms with Gasteiger partial charge in [0.05, 0.1) is 5.57 Å². The fourth-order valence-electron chi connectivity index (χ4n) is 1.39. The second-order valence-corrected chi connectivity index (χ2v) is 3.04. The predicted octanol–water partition coefficient (Wildman–Crippen LogP) is 0.514. The zero-order valence-electron chi connectivity index (χ0n) is 8.47. The summed E-state index contributed by atoms with van der Waals surface area (Å²) in [6, 6.07) is 0. The normalized spacial score (nSPS) is 24.5. The van der Waals surface area contributed by atoms with Gasteiger partial charge in [-0.2, -0.15) is 0 Å². The van der Waals surface area contributed by atoms with Crippen LogP contribution in [0.1, 0.15) is 6.92 Å². The number of carboxylic acids is 1. The topological polar surface area (TPSA) is 72.8 Å². The van der Waals surface area contributed by atoms with Crippen LogP contribution in [0.4, 0.5) is 0 Å². The Bertz CT molecular complexity index is 329. The first-order chi connectivity index (χ1) is 7.06. The molecule has 0 aromatic rings. The second-order valence-electron chi connectivity index (χ2n) is 3.04. The van der Waals surface area contributed by atoms with Crippen molar-refractivity contribution in [3.8, 4) is 0 Å². The van der Waals surface area contributed by atoms with Gasteiger partial charge in [0.15, 0.2) is 6.10 Å². The van der Waals surface area contributed by atoms with Crippen molar-refractivity contribution in [2.24, 2.45) is 0 Å². The molecule has 1 aliphatic carbocycles. The number of esters is 1. The van der Waals surface area contributed by atoms with E-state index >= 15 is 0 Å². The number of allylic oxidation sites excluding steroid dienone is 2. The maximum atomic E-state index is 10.8. The summed E-state index contributed by atoms with van der Waals surface area (Å²) in [5, 5.41) is 8.87. The van der Waals surface area contributed by atoms with E-state index in [2.05, 4.69) is 0 Å². The molecule has 0 fully saturated rings. The van der Waals surface area contributed by atoms with Gasteiger partial charge in [0.25, 0.3) is 0 Å². The molecule has 5 nitrogen and oxygen atoms in total. The largest absolute Gasteiger partial charge is 0.478 e. The average Bonchev–Trinajstić information content (AvgIpc) is 2.16. The van der Waals surface area contributed by atoms with Crippen LogP contribution in [0.2, 0.25) is 0 Å². The van der Waals surface area contributed by atoms with Crippen LogP contribution >= 0.6 is 0 Å². The summed E-state index contributed by atoms with van der Waals surface area (Å²) in [6.07, 6.45) is 3.12. The van der Waals surface area contributed by atoms with E-state index in [9.17, 15) is 9.59 Å². The molecule has 0 spiro atoms. The molecule has 1 N–H and O–H groups in total. The highest BCUT2D eigenvalue weighted by molar-refractivity contribution is 5.89. The molecule has 0 aromatic carbocycles. The lowest BCUT2D eigenvalue weighted by atomic mass is 9.99. The Morgan fingerprint density at radius 1 is 1.47 bits per heavy atom. The molecule has 5 heteroatoms. The zero-order chi connectivity index (χ0) is 11.4. The van der Waals surface area contributed by atoms with Crippen LogP contribution in [0.3, 0.4) is 0 Å². The summed E-state index contributed by atoms with van der Waals surface area (Å²) >= 11 is 0. The molecule has 2 atom stereocenters. The second kappa shape index (κ2) is 4.75. The zero-order valence-corrected chi connectivity index (χ0v) is 8.47. The number of hydrogen-bond acceptors (Lipinski definition) is 4. The first-order valence-corrected chi connectivity index (χ1v) is 4.38. The number of aliphatic carboxylic acids is 1. The van der Waals surface area contributed by atoms with Crippen molar-refractivity contribution in [1.29, 1.82) is 0 Å². The standard InChI is InChI=1S/C10H12O5/c1-6(11)15-8-5-3-4-7(10(12)13)9(8)14-2/h3-5,8-9H,1-2H3,(H,12,13)/t8-,9+/m0/s1. The first kappa shape index (κ1) is 11.5. The molecule has 0 saturated heterocycles. The molecular formula is C10H12O5. The van der Waals surface area contributed by atoms with Crippen molar-refractivity contribution < 1.29 is 24.2 Å². The van der Waals surface area contributed by atoms with E-state index in [0.717, 1.165) is 0 Å². The third kappa shape index (κ3) is 2.66. The molecule has 0 aromatic heterocycles. The quantitative estimate of drug-likeness (QED) is 0.690. The Kier molecular flexibility index (Phi) is 3.62. The van der Waals surface area contributed by atoms with E-state index < -0.39 is 24.1 Å². The number of methoxy groups -OCH3 is 1. The monoisotopic (exact) mass is 212 g/mol. The van der Waals surface area contributed by atoms with Crippen LogP contribution in [0, 0.1) is 0 Å². The number of ether oxygens (including phenoxy) is 2. The molecule has 0 amide bonds. The summed E-state index contributed by atoms with van der Waals surface area (Å²) in [4.78, 5) is 21.6. The van der Waals surface area contributed by atoms with E-state index in [1.54, 1.807) is 6.08 Å². The average molecular weight is 212 g/mol. The number of carboxylic acid groups (broad SMARTS) is 1. The number of hydrogen-bond donors (Lipinski definition) is 1. The van der Waals surface area contributed by atoms with Gasteiger partial charge in [-0.25, -0.2) is 4.79 Å². The van der Waals surface area contributed by atoms with Crippen LogP contribution in [0.5, 0.6) is 0 Å². The molecular weight excluding hydrogens is 200 g/mol. The molecule has 1 rings (SSSR count). The molecule has 15 heavy (non-hydrogen) atoms. The highest BCUT2D eigenvalue weighted by Gasteiger charge is 2.31. The van der Waals surface area contributed by atoms with E-state index in [-0.39, 0.29) is 5.57 Å². The SMILES string of the molecule is CO[C@@H]1C(C(=O)O)=CC=C[C@@H]1OC(C)=O. The molecule has 0 heterocycles. The van der Waals surface area contributed by atoms with Gasteiger partial charge in [-0.1, -0.05) is 6.08 Å². The summed E-state index contributed by atoms with van der Waals surface area (Å²) in [5.74, 6) is -1.55. The Balaban J connectivity index is 2.86. The molecule has 0 unspecified atom stereocenters.